The molecule has 3 aromatic rings. The summed E-state index contributed by atoms with van der Waals surface area (Å²) in [5.41, 5.74) is 11.5. The SMILES string of the molecule is C[Si](C)(C)CCO[C@@H]1O[C@@H]2CO[C@H](c3ccccc3)O[C@@H]2[C@H](O[C@@H]2O[C@H](CO)[C@H](OCc3ccccc3)[C@H](O)[C@H]2N=[N+]=[N-])[C@H]1OC(=O)c1ccccc1. The number of ether oxygens (including phenoxy) is 8. The first-order chi connectivity index (χ1) is 25.6. The minimum atomic E-state index is -1.55. The van der Waals surface area contributed by atoms with E-state index in [9.17, 15) is 20.5 Å². The average Bonchev–Trinajstić information content (AvgIpc) is 3.17. The molecule has 3 heterocycles. The van der Waals surface area contributed by atoms with Crippen LogP contribution < -0.4 is 0 Å². The summed E-state index contributed by atoms with van der Waals surface area (Å²) in [5.74, 6) is -0.657. The number of hydrogen-bond donors (Lipinski definition) is 2. The summed E-state index contributed by atoms with van der Waals surface area (Å²) in [6, 6.07) is 26.6. The van der Waals surface area contributed by atoms with Crippen molar-refractivity contribution in [3.63, 3.8) is 0 Å². The van der Waals surface area contributed by atoms with E-state index < -0.39 is 88.3 Å². The largest absolute Gasteiger partial charge is 0.450 e. The predicted molar refractivity (Wildman–Crippen MR) is 193 cm³/mol. The quantitative estimate of drug-likeness (QED) is 0.0733. The molecule has 0 radical (unpaired) electrons. The first-order valence-corrected chi connectivity index (χ1v) is 21.5. The Balaban J connectivity index is 1.33. The van der Waals surface area contributed by atoms with E-state index in [1.807, 2.05) is 60.7 Å². The highest BCUT2D eigenvalue weighted by Gasteiger charge is 2.56. The third kappa shape index (κ3) is 9.89. The molecule has 0 unspecified atom stereocenters. The van der Waals surface area contributed by atoms with Gasteiger partial charge in [-0.1, -0.05) is 104 Å². The van der Waals surface area contributed by atoms with Crippen molar-refractivity contribution in [3.8, 4) is 0 Å². The van der Waals surface area contributed by atoms with E-state index in [2.05, 4.69) is 29.7 Å². The number of aliphatic hydroxyl groups excluding tert-OH is 2. The molecular weight excluding hydrogens is 703 g/mol. The van der Waals surface area contributed by atoms with Crippen LogP contribution in [0.3, 0.4) is 0 Å². The Bertz CT molecular complexity index is 1650. The van der Waals surface area contributed by atoms with Crippen molar-refractivity contribution in [2.45, 2.75) is 99.9 Å². The number of carbonyl (C=O) groups excluding carboxylic acids is 1. The van der Waals surface area contributed by atoms with E-state index in [1.54, 1.807) is 30.3 Å². The molecule has 3 aromatic carbocycles. The smallest absolute Gasteiger partial charge is 0.338 e. The van der Waals surface area contributed by atoms with Gasteiger partial charge in [0.1, 0.15) is 36.6 Å². The number of nitrogens with zero attached hydrogens (tertiary/aromatic N) is 3. The van der Waals surface area contributed by atoms with Crippen LogP contribution in [0.1, 0.15) is 27.8 Å². The van der Waals surface area contributed by atoms with E-state index >= 15 is 0 Å². The molecule has 3 saturated heterocycles. The van der Waals surface area contributed by atoms with Crippen LogP contribution in [0, 0.1) is 0 Å². The van der Waals surface area contributed by atoms with Crippen LogP contribution in [0.2, 0.25) is 25.7 Å². The van der Waals surface area contributed by atoms with Gasteiger partial charge < -0.3 is 48.1 Å². The highest BCUT2D eigenvalue weighted by atomic mass is 28.3. The first kappa shape index (κ1) is 39.0. The fourth-order valence-electron chi connectivity index (χ4n) is 6.46. The van der Waals surface area contributed by atoms with Crippen molar-refractivity contribution in [1.82, 2.24) is 0 Å². The fourth-order valence-corrected chi connectivity index (χ4v) is 7.19. The van der Waals surface area contributed by atoms with Gasteiger partial charge in [-0.05, 0) is 29.3 Å². The molecule has 14 nitrogen and oxygen atoms in total. The number of esters is 1. The second kappa shape index (κ2) is 18.1. The van der Waals surface area contributed by atoms with Gasteiger partial charge >= 0.3 is 5.97 Å². The zero-order valence-electron chi connectivity index (χ0n) is 30.0. The van der Waals surface area contributed by atoms with Crippen LogP contribution in [0.4, 0.5) is 0 Å². The van der Waals surface area contributed by atoms with E-state index in [-0.39, 0.29) is 13.2 Å². The van der Waals surface area contributed by atoms with Crippen molar-refractivity contribution in [2.75, 3.05) is 19.8 Å². The lowest BCUT2D eigenvalue weighted by atomic mass is 9.95. The number of carbonyl (C=O) groups is 1. The van der Waals surface area contributed by atoms with Gasteiger partial charge in [-0.3, -0.25) is 0 Å². The van der Waals surface area contributed by atoms with Crippen molar-refractivity contribution in [1.29, 1.82) is 0 Å². The maximum absolute atomic E-state index is 13.7. The Hall–Kier alpha value is -3.70. The minimum absolute atomic E-state index is 0.0832. The molecule has 284 valence electrons. The normalized spacial score (nSPS) is 31.5. The molecule has 3 aliphatic heterocycles. The second-order valence-corrected chi connectivity index (χ2v) is 20.0. The van der Waals surface area contributed by atoms with Gasteiger partial charge in [-0.25, -0.2) is 4.79 Å². The summed E-state index contributed by atoms with van der Waals surface area (Å²) >= 11 is 0. The lowest BCUT2D eigenvalue weighted by Crippen LogP contribution is -2.67. The fraction of sp³-hybridized carbons (Fsp3) is 0.500. The third-order valence-corrected chi connectivity index (χ3v) is 11.0. The Labute approximate surface area is 309 Å². The Morgan fingerprint density at radius 2 is 1.57 bits per heavy atom. The number of hydrogen-bond acceptors (Lipinski definition) is 12. The maximum atomic E-state index is 13.7. The van der Waals surface area contributed by atoms with Gasteiger partial charge in [0.15, 0.2) is 25.0 Å². The van der Waals surface area contributed by atoms with Gasteiger partial charge in [0, 0.05) is 25.2 Å². The van der Waals surface area contributed by atoms with Crippen molar-refractivity contribution in [3.05, 3.63) is 118 Å². The first-order valence-electron chi connectivity index (χ1n) is 17.8. The van der Waals surface area contributed by atoms with Crippen LogP contribution in [-0.2, 0) is 44.5 Å². The highest BCUT2D eigenvalue weighted by Crippen LogP contribution is 2.39. The molecule has 0 aromatic heterocycles. The molecule has 0 bridgehead atoms. The number of benzene rings is 3. The maximum Gasteiger partial charge on any atom is 0.338 e. The summed E-state index contributed by atoms with van der Waals surface area (Å²) in [4.78, 5) is 16.7. The monoisotopic (exact) mass is 749 g/mol. The van der Waals surface area contributed by atoms with Gasteiger partial charge in [-0.2, -0.15) is 0 Å². The predicted octanol–water partition coefficient (Wildman–Crippen LogP) is 5.13. The van der Waals surface area contributed by atoms with Crippen molar-refractivity contribution < 1.29 is 52.9 Å². The lowest BCUT2D eigenvalue weighted by Gasteiger charge is -2.50. The molecule has 15 heteroatoms. The van der Waals surface area contributed by atoms with Crippen molar-refractivity contribution >= 4 is 14.0 Å². The number of azide groups is 1. The molecule has 53 heavy (non-hydrogen) atoms. The summed E-state index contributed by atoms with van der Waals surface area (Å²) in [6.07, 6.45) is -11.1. The van der Waals surface area contributed by atoms with Gasteiger partial charge in [0.25, 0.3) is 0 Å². The third-order valence-electron chi connectivity index (χ3n) is 9.32. The van der Waals surface area contributed by atoms with Crippen molar-refractivity contribution in [2.24, 2.45) is 5.11 Å². The van der Waals surface area contributed by atoms with Gasteiger partial charge in [0.05, 0.1) is 31.5 Å². The van der Waals surface area contributed by atoms with Crippen LogP contribution >= 0.6 is 0 Å². The van der Waals surface area contributed by atoms with Crippen LogP contribution in [0.5, 0.6) is 0 Å². The number of aliphatic hydroxyl groups is 2. The molecule has 3 fully saturated rings. The highest BCUT2D eigenvalue weighted by molar-refractivity contribution is 6.76. The lowest BCUT2D eigenvalue weighted by molar-refractivity contribution is -0.385. The Morgan fingerprint density at radius 1 is 0.887 bits per heavy atom. The standard InChI is InChI=1S/C38H47N3O11Si/c1-53(2,3)20-19-45-38-34(50-35(44)25-15-9-5-10-16-25)33(32-28(49-38)23-47-36(51-32)26-17-11-6-12-18-26)52-37-29(40-41-39)30(43)31(27(21-42)48-37)46-22-24-13-7-4-8-14-24/h4-18,27-34,36-38,42-43H,19-23H2,1-3H3/t27-,28-,29-,30-,31+,32+,33+,34-,36+,37+,38-/m1/s1. The summed E-state index contributed by atoms with van der Waals surface area (Å²) in [6.45, 7) is 6.61. The molecule has 3 aliphatic rings. The molecule has 11 atom stereocenters. The Morgan fingerprint density at radius 3 is 2.23 bits per heavy atom. The number of rotatable bonds is 14. The average molecular weight is 750 g/mol. The molecule has 6 rings (SSSR count). The molecule has 0 aliphatic carbocycles. The summed E-state index contributed by atoms with van der Waals surface area (Å²) in [7, 11) is -1.55. The summed E-state index contributed by atoms with van der Waals surface area (Å²) < 4.78 is 50.5. The molecule has 0 saturated carbocycles. The second-order valence-electron chi connectivity index (χ2n) is 14.4. The molecule has 0 amide bonds. The van der Waals surface area contributed by atoms with Crippen LogP contribution in [-0.4, -0.2) is 105 Å². The molecular formula is C38H47N3O11Si. The topological polar surface area (TPSA) is 180 Å². The zero-order chi connectivity index (χ0) is 37.4. The van der Waals surface area contributed by atoms with E-state index in [0.29, 0.717) is 12.2 Å². The molecule has 0 spiro atoms. The van der Waals surface area contributed by atoms with Crippen LogP contribution in [0.15, 0.2) is 96.1 Å². The summed E-state index contributed by atoms with van der Waals surface area (Å²) in [5, 5.41) is 25.9. The number of fused-ring (bicyclic) bond motifs is 1. The van der Waals surface area contributed by atoms with Crippen LogP contribution in [0.25, 0.3) is 10.4 Å². The Kier molecular flexibility index (Phi) is 13.3. The molecule has 2 N–H and O–H groups in total. The van der Waals surface area contributed by atoms with Gasteiger partial charge in [0.2, 0.25) is 0 Å². The van der Waals surface area contributed by atoms with E-state index in [4.69, 9.17) is 37.9 Å². The van der Waals surface area contributed by atoms with Gasteiger partial charge in [-0.15, -0.1) is 0 Å². The van der Waals surface area contributed by atoms with E-state index in [1.165, 1.54) is 0 Å². The van der Waals surface area contributed by atoms with E-state index in [0.717, 1.165) is 17.2 Å². The minimum Gasteiger partial charge on any atom is -0.450 e. The zero-order valence-corrected chi connectivity index (χ0v) is 31.0.